The molecule has 72 valence electrons. The maximum absolute atomic E-state index is 10.6. The van der Waals surface area contributed by atoms with Gasteiger partial charge in [-0.1, -0.05) is 19.0 Å². The van der Waals surface area contributed by atoms with Crippen LogP contribution in [0.15, 0.2) is 16.9 Å². The minimum atomic E-state index is -0.804. The highest BCUT2D eigenvalue weighted by Gasteiger charge is 2.21. The minimum Gasteiger partial charge on any atom is -0.481 e. The number of hydrogen-bond donors (Lipinski definition) is 1. The lowest BCUT2D eigenvalue weighted by Gasteiger charge is -2.15. The van der Waals surface area contributed by atoms with Crippen LogP contribution in [0.25, 0.3) is 0 Å². The Kier molecular flexibility index (Phi) is 3.06. The second-order valence-corrected chi connectivity index (χ2v) is 3.37. The van der Waals surface area contributed by atoms with Crippen molar-refractivity contribution >= 4 is 5.97 Å². The molecule has 0 aliphatic rings. The van der Waals surface area contributed by atoms with Gasteiger partial charge in [0.25, 0.3) is 0 Å². The second kappa shape index (κ2) is 4.07. The number of aliphatic carboxylic acids is 1. The Labute approximate surface area is 76.5 Å². The normalized spacial score (nSPS) is 13.2. The largest absolute Gasteiger partial charge is 0.481 e. The quantitative estimate of drug-likeness (QED) is 0.774. The molecule has 0 aliphatic carbocycles. The van der Waals surface area contributed by atoms with Crippen LogP contribution in [0.3, 0.4) is 0 Å². The molecule has 0 fully saturated rings. The molecule has 4 nitrogen and oxygen atoms in total. The summed E-state index contributed by atoms with van der Waals surface area (Å²) in [5.41, 5.74) is 0.720. The van der Waals surface area contributed by atoms with Gasteiger partial charge in [0.1, 0.15) is 6.26 Å². The van der Waals surface area contributed by atoms with Crippen molar-refractivity contribution in [2.24, 2.45) is 5.92 Å². The molecule has 1 N–H and O–H groups in total. The third-order valence-electron chi connectivity index (χ3n) is 2.04. The lowest BCUT2D eigenvalue weighted by Crippen LogP contribution is -2.12. The Morgan fingerprint density at radius 1 is 1.69 bits per heavy atom. The molecule has 0 spiro atoms. The van der Waals surface area contributed by atoms with E-state index in [0.29, 0.717) is 0 Å². The summed E-state index contributed by atoms with van der Waals surface area (Å²) in [6.07, 6.45) is 1.57. The first-order chi connectivity index (χ1) is 6.11. The van der Waals surface area contributed by atoms with Crippen LogP contribution in [0.4, 0.5) is 0 Å². The summed E-state index contributed by atoms with van der Waals surface area (Å²) in [4.78, 5) is 10.6. The molecule has 1 heterocycles. The van der Waals surface area contributed by atoms with E-state index in [2.05, 4.69) is 9.68 Å². The number of carboxylic acids is 1. The van der Waals surface area contributed by atoms with E-state index in [9.17, 15) is 4.79 Å². The van der Waals surface area contributed by atoms with Gasteiger partial charge in [0, 0.05) is 12.0 Å². The Morgan fingerprint density at radius 2 is 2.38 bits per heavy atom. The Hall–Kier alpha value is -1.32. The fourth-order valence-electron chi connectivity index (χ4n) is 1.28. The average Bonchev–Trinajstić information content (AvgIpc) is 2.50. The molecule has 4 heteroatoms. The van der Waals surface area contributed by atoms with Crippen molar-refractivity contribution in [2.45, 2.75) is 26.2 Å². The number of carboxylic acid groups (broad SMARTS) is 1. The van der Waals surface area contributed by atoms with Crippen LogP contribution in [0.5, 0.6) is 0 Å². The molecular weight excluding hydrogens is 170 g/mol. The topological polar surface area (TPSA) is 63.3 Å². The summed E-state index contributed by atoms with van der Waals surface area (Å²) < 4.78 is 4.68. The molecule has 0 radical (unpaired) electrons. The summed E-state index contributed by atoms with van der Waals surface area (Å²) in [6, 6.07) is 1.72. The zero-order valence-electron chi connectivity index (χ0n) is 7.73. The van der Waals surface area contributed by atoms with Crippen LogP contribution in [0.1, 0.15) is 31.9 Å². The van der Waals surface area contributed by atoms with Crippen molar-refractivity contribution in [2.75, 3.05) is 0 Å². The fraction of sp³-hybridized carbons (Fsp3) is 0.556. The van der Waals surface area contributed by atoms with Gasteiger partial charge in [0.15, 0.2) is 0 Å². The van der Waals surface area contributed by atoms with E-state index in [1.807, 2.05) is 13.8 Å². The zero-order valence-corrected chi connectivity index (χ0v) is 7.73. The first kappa shape index (κ1) is 9.77. The molecule has 1 atom stereocenters. The fourth-order valence-corrected chi connectivity index (χ4v) is 1.28. The minimum absolute atomic E-state index is 0.0590. The molecule has 0 saturated carbocycles. The molecule has 1 unspecified atom stereocenters. The van der Waals surface area contributed by atoms with Crippen molar-refractivity contribution < 1.29 is 14.4 Å². The maximum atomic E-state index is 10.6. The van der Waals surface area contributed by atoms with Crippen LogP contribution in [0.2, 0.25) is 0 Å². The molecule has 13 heavy (non-hydrogen) atoms. The number of rotatable bonds is 4. The number of nitrogens with zero attached hydrogens (tertiary/aromatic N) is 1. The molecular formula is C9H13NO3. The van der Waals surface area contributed by atoms with E-state index in [0.717, 1.165) is 5.69 Å². The molecule has 0 bridgehead atoms. The third-order valence-corrected chi connectivity index (χ3v) is 2.04. The first-order valence-electron chi connectivity index (χ1n) is 4.23. The summed E-state index contributed by atoms with van der Waals surface area (Å²) in [5.74, 6) is -0.612. The number of hydrogen-bond acceptors (Lipinski definition) is 3. The van der Waals surface area contributed by atoms with E-state index >= 15 is 0 Å². The van der Waals surface area contributed by atoms with Crippen LogP contribution in [-0.4, -0.2) is 16.2 Å². The third kappa shape index (κ3) is 2.57. The van der Waals surface area contributed by atoms with Gasteiger partial charge in [-0.3, -0.25) is 4.79 Å². The molecule has 1 aromatic rings. The zero-order chi connectivity index (χ0) is 9.84. The summed E-state index contributed by atoms with van der Waals surface area (Å²) in [5, 5.41) is 12.4. The Balaban J connectivity index is 2.74. The van der Waals surface area contributed by atoms with Gasteiger partial charge in [-0.15, -0.1) is 0 Å². The van der Waals surface area contributed by atoms with Crippen molar-refractivity contribution in [3.05, 3.63) is 18.0 Å². The van der Waals surface area contributed by atoms with Crippen molar-refractivity contribution in [3.63, 3.8) is 0 Å². The molecule has 0 aromatic carbocycles. The summed E-state index contributed by atoms with van der Waals surface area (Å²) in [7, 11) is 0. The predicted molar refractivity (Wildman–Crippen MR) is 46.3 cm³/mol. The molecule has 0 amide bonds. The van der Waals surface area contributed by atoms with Gasteiger partial charge >= 0.3 is 5.97 Å². The van der Waals surface area contributed by atoms with Crippen LogP contribution >= 0.6 is 0 Å². The van der Waals surface area contributed by atoms with Crippen molar-refractivity contribution in [1.82, 2.24) is 5.16 Å². The highest BCUT2D eigenvalue weighted by atomic mass is 16.5. The average molecular weight is 183 g/mol. The van der Waals surface area contributed by atoms with Crippen molar-refractivity contribution in [3.8, 4) is 0 Å². The monoisotopic (exact) mass is 183 g/mol. The standard InChI is InChI=1S/C9H13NO3/c1-6(2)7(5-9(11)12)8-3-4-13-10-8/h3-4,6-7H,5H2,1-2H3,(H,11,12). The van der Waals surface area contributed by atoms with Gasteiger partial charge in [0.2, 0.25) is 0 Å². The van der Waals surface area contributed by atoms with E-state index in [1.54, 1.807) is 6.07 Å². The van der Waals surface area contributed by atoms with E-state index in [1.165, 1.54) is 6.26 Å². The summed E-state index contributed by atoms with van der Waals surface area (Å²) in [6.45, 7) is 3.95. The lowest BCUT2D eigenvalue weighted by atomic mass is 9.90. The lowest BCUT2D eigenvalue weighted by molar-refractivity contribution is -0.137. The highest BCUT2D eigenvalue weighted by Crippen LogP contribution is 2.26. The van der Waals surface area contributed by atoms with Gasteiger partial charge in [-0.25, -0.2) is 0 Å². The number of carbonyl (C=O) groups is 1. The second-order valence-electron chi connectivity index (χ2n) is 3.37. The molecule has 1 aromatic heterocycles. The Morgan fingerprint density at radius 3 is 2.77 bits per heavy atom. The van der Waals surface area contributed by atoms with Crippen molar-refractivity contribution in [1.29, 1.82) is 0 Å². The van der Waals surface area contributed by atoms with E-state index in [4.69, 9.17) is 5.11 Å². The summed E-state index contributed by atoms with van der Waals surface area (Å²) >= 11 is 0. The van der Waals surface area contributed by atoms with Gasteiger partial charge in [-0.05, 0) is 5.92 Å². The van der Waals surface area contributed by atoms with Gasteiger partial charge in [0.05, 0.1) is 12.1 Å². The van der Waals surface area contributed by atoms with E-state index in [-0.39, 0.29) is 18.3 Å². The highest BCUT2D eigenvalue weighted by molar-refractivity contribution is 5.67. The Bertz CT molecular complexity index is 266. The van der Waals surface area contributed by atoms with Crippen LogP contribution in [0, 0.1) is 5.92 Å². The van der Waals surface area contributed by atoms with Gasteiger partial charge < -0.3 is 9.63 Å². The predicted octanol–water partition coefficient (Wildman–Crippen LogP) is 1.89. The molecule has 0 saturated heterocycles. The molecule has 0 aliphatic heterocycles. The van der Waals surface area contributed by atoms with E-state index < -0.39 is 5.97 Å². The first-order valence-corrected chi connectivity index (χ1v) is 4.23. The molecule has 1 rings (SSSR count). The van der Waals surface area contributed by atoms with Gasteiger partial charge in [-0.2, -0.15) is 0 Å². The maximum Gasteiger partial charge on any atom is 0.304 e. The van der Waals surface area contributed by atoms with Crippen LogP contribution < -0.4 is 0 Å². The smallest absolute Gasteiger partial charge is 0.304 e. The van der Waals surface area contributed by atoms with Crippen LogP contribution in [-0.2, 0) is 4.79 Å². The number of aromatic nitrogens is 1. The SMILES string of the molecule is CC(C)C(CC(=O)O)c1ccon1.